The first-order chi connectivity index (χ1) is 21.4. The van der Waals surface area contributed by atoms with Gasteiger partial charge in [-0.15, -0.1) is 0 Å². The molecule has 1 aliphatic heterocycles. The van der Waals surface area contributed by atoms with Gasteiger partial charge in [-0.05, 0) is 48.5 Å². The molecule has 1 heterocycles. The summed E-state index contributed by atoms with van der Waals surface area (Å²) in [5, 5.41) is 11.1. The molecule has 4 aromatic rings. The lowest BCUT2D eigenvalue weighted by atomic mass is 9.97. The van der Waals surface area contributed by atoms with Crippen molar-refractivity contribution in [1.29, 1.82) is 0 Å². The molecule has 0 radical (unpaired) electrons. The number of aliphatic hydroxyl groups is 1. The molecule has 224 valence electrons. The third-order valence-corrected chi connectivity index (χ3v) is 6.76. The summed E-state index contributed by atoms with van der Waals surface area (Å²) in [5.41, 5.74) is 0.736. The predicted octanol–water partition coefficient (Wildman–Crippen LogP) is 4.24. The SMILES string of the molecule is O=C(OC[C@H]1OC(O)[C@H](OC(=O)c2ccccc2)[C@@H](OC(=O)c2ccccc2)[C@H]1OC(=O)c1ccccc1)c1ccccc1. The van der Waals surface area contributed by atoms with Gasteiger partial charge in [0.1, 0.15) is 12.7 Å². The highest BCUT2D eigenvalue weighted by molar-refractivity contribution is 5.91. The smallest absolute Gasteiger partial charge is 0.338 e. The second kappa shape index (κ2) is 14.2. The van der Waals surface area contributed by atoms with Crippen molar-refractivity contribution in [2.45, 2.75) is 30.7 Å². The van der Waals surface area contributed by atoms with E-state index in [4.69, 9.17) is 23.7 Å². The van der Waals surface area contributed by atoms with Crippen molar-refractivity contribution in [2.75, 3.05) is 6.61 Å². The fraction of sp³-hybridized carbons (Fsp3) is 0.176. The Morgan fingerprint density at radius 1 is 0.500 bits per heavy atom. The fourth-order valence-corrected chi connectivity index (χ4v) is 4.54. The lowest BCUT2D eigenvalue weighted by molar-refractivity contribution is -0.284. The van der Waals surface area contributed by atoms with Crippen molar-refractivity contribution in [3.8, 4) is 0 Å². The Kier molecular flexibility index (Phi) is 9.75. The summed E-state index contributed by atoms with van der Waals surface area (Å²) in [7, 11) is 0. The Morgan fingerprint density at radius 3 is 1.25 bits per heavy atom. The largest absolute Gasteiger partial charge is 0.459 e. The molecule has 0 spiro atoms. The third kappa shape index (κ3) is 7.35. The van der Waals surface area contributed by atoms with Crippen molar-refractivity contribution in [3.63, 3.8) is 0 Å². The summed E-state index contributed by atoms with van der Waals surface area (Å²) < 4.78 is 28.4. The van der Waals surface area contributed by atoms with E-state index >= 15 is 0 Å². The van der Waals surface area contributed by atoms with E-state index in [-0.39, 0.29) is 22.3 Å². The summed E-state index contributed by atoms with van der Waals surface area (Å²) >= 11 is 0. The van der Waals surface area contributed by atoms with Crippen LogP contribution >= 0.6 is 0 Å². The second-order valence-corrected chi connectivity index (χ2v) is 9.74. The Hall–Kier alpha value is -5.32. The highest BCUT2D eigenvalue weighted by atomic mass is 16.7. The molecular weight excluding hydrogens is 568 g/mol. The molecule has 0 saturated carbocycles. The molecule has 5 rings (SSSR count). The van der Waals surface area contributed by atoms with Crippen LogP contribution in [0.2, 0.25) is 0 Å². The van der Waals surface area contributed by atoms with E-state index in [1.54, 1.807) is 84.9 Å². The van der Waals surface area contributed by atoms with Gasteiger partial charge in [0, 0.05) is 0 Å². The van der Waals surface area contributed by atoms with Crippen molar-refractivity contribution in [2.24, 2.45) is 0 Å². The van der Waals surface area contributed by atoms with Gasteiger partial charge >= 0.3 is 23.9 Å². The molecule has 44 heavy (non-hydrogen) atoms. The standard InChI is InChI=1S/C34H28O10/c35-30(22-13-5-1-6-14-22)40-21-26-27(42-31(36)23-15-7-2-8-16-23)28(43-32(37)24-17-9-3-10-18-24)29(34(39)41-26)44-33(38)25-19-11-4-12-20-25/h1-20,26-29,34,39H,21H2/t26-,27+,28+,29-,34?/m1/s1. The summed E-state index contributed by atoms with van der Waals surface area (Å²) in [5.74, 6) is -3.21. The average molecular weight is 597 g/mol. The molecule has 4 aromatic carbocycles. The van der Waals surface area contributed by atoms with Crippen LogP contribution in [0.25, 0.3) is 0 Å². The van der Waals surface area contributed by atoms with Gasteiger partial charge in [0.2, 0.25) is 0 Å². The van der Waals surface area contributed by atoms with Gasteiger partial charge in [0.25, 0.3) is 0 Å². The molecule has 5 atom stereocenters. The minimum atomic E-state index is -1.86. The number of rotatable bonds is 9. The zero-order valence-electron chi connectivity index (χ0n) is 23.3. The van der Waals surface area contributed by atoms with E-state index < -0.39 is 61.2 Å². The number of hydrogen-bond acceptors (Lipinski definition) is 10. The van der Waals surface area contributed by atoms with E-state index in [9.17, 15) is 24.3 Å². The summed E-state index contributed by atoms with van der Waals surface area (Å²) in [6, 6.07) is 32.1. The molecule has 1 aliphatic rings. The van der Waals surface area contributed by atoms with Crippen LogP contribution in [0.3, 0.4) is 0 Å². The number of esters is 4. The number of benzene rings is 4. The Balaban J connectivity index is 1.48. The van der Waals surface area contributed by atoms with Crippen molar-refractivity contribution in [3.05, 3.63) is 144 Å². The Labute approximate surface area is 252 Å². The first-order valence-electron chi connectivity index (χ1n) is 13.7. The van der Waals surface area contributed by atoms with Crippen LogP contribution < -0.4 is 0 Å². The highest BCUT2D eigenvalue weighted by Gasteiger charge is 2.52. The van der Waals surface area contributed by atoms with Gasteiger partial charge in [-0.1, -0.05) is 72.8 Å². The minimum absolute atomic E-state index is 0.154. The molecule has 1 saturated heterocycles. The van der Waals surface area contributed by atoms with Crippen LogP contribution in [0.1, 0.15) is 41.4 Å². The van der Waals surface area contributed by atoms with Gasteiger partial charge in [-0.3, -0.25) is 0 Å². The summed E-state index contributed by atoms with van der Waals surface area (Å²) in [6.07, 6.45) is -7.89. The summed E-state index contributed by atoms with van der Waals surface area (Å²) in [6.45, 7) is -0.504. The maximum Gasteiger partial charge on any atom is 0.338 e. The highest BCUT2D eigenvalue weighted by Crippen LogP contribution is 2.30. The Morgan fingerprint density at radius 2 is 0.841 bits per heavy atom. The van der Waals surface area contributed by atoms with E-state index in [1.807, 2.05) is 0 Å². The number of aliphatic hydroxyl groups excluding tert-OH is 1. The maximum absolute atomic E-state index is 13.3. The quantitative estimate of drug-likeness (QED) is 0.221. The molecule has 10 heteroatoms. The molecule has 10 nitrogen and oxygen atoms in total. The molecule has 1 N–H and O–H groups in total. The van der Waals surface area contributed by atoms with Crippen LogP contribution in [0, 0.1) is 0 Å². The molecule has 1 fully saturated rings. The second-order valence-electron chi connectivity index (χ2n) is 9.74. The topological polar surface area (TPSA) is 135 Å². The summed E-state index contributed by atoms with van der Waals surface area (Å²) in [4.78, 5) is 52.3. The first-order valence-corrected chi connectivity index (χ1v) is 13.7. The van der Waals surface area contributed by atoms with Gasteiger partial charge < -0.3 is 28.8 Å². The van der Waals surface area contributed by atoms with E-state index in [2.05, 4.69) is 0 Å². The third-order valence-electron chi connectivity index (χ3n) is 6.76. The fourth-order valence-electron chi connectivity index (χ4n) is 4.54. The van der Waals surface area contributed by atoms with Crippen LogP contribution in [-0.4, -0.2) is 66.3 Å². The van der Waals surface area contributed by atoms with E-state index in [1.165, 1.54) is 36.4 Å². The minimum Gasteiger partial charge on any atom is -0.459 e. The normalized spacial score (nSPS) is 21.0. The zero-order valence-corrected chi connectivity index (χ0v) is 23.3. The van der Waals surface area contributed by atoms with Gasteiger partial charge in [-0.2, -0.15) is 0 Å². The van der Waals surface area contributed by atoms with Crippen LogP contribution in [0.15, 0.2) is 121 Å². The van der Waals surface area contributed by atoms with Crippen molar-refractivity contribution < 1.29 is 48.0 Å². The molecule has 0 bridgehead atoms. The van der Waals surface area contributed by atoms with Crippen molar-refractivity contribution >= 4 is 23.9 Å². The Bertz CT molecular complexity index is 1560. The number of ether oxygens (including phenoxy) is 5. The number of carbonyl (C=O) groups is 4. The van der Waals surface area contributed by atoms with Crippen molar-refractivity contribution in [1.82, 2.24) is 0 Å². The molecular formula is C34H28O10. The molecule has 0 amide bonds. The average Bonchev–Trinajstić information content (AvgIpc) is 3.07. The number of hydrogen-bond donors (Lipinski definition) is 1. The molecule has 0 aliphatic carbocycles. The van der Waals surface area contributed by atoms with Gasteiger partial charge in [-0.25, -0.2) is 19.2 Å². The maximum atomic E-state index is 13.3. The predicted molar refractivity (Wildman–Crippen MR) is 155 cm³/mol. The number of carbonyl (C=O) groups excluding carboxylic acids is 4. The van der Waals surface area contributed by atoms with Gasteiger partial charge in [0.05, 0.1) is 22.3 Å². The van der Waals surface area contributed by atoms with Crippen LogP contribution in [0.4, 0.5) is 0 Å². The molecule has 1 unspecified atom stereocenters. The molecule has 0 aromatic heterocycles. The zero-order chi connectivity index (χ0) is 30.9. The van der Waals surface area contributed by atoms with E-state index in [0.29, 0.717) is 0 Å². The lowest BCUT2D eigenvalue weighted by Gasteiger charge is -2.42. The first kappa shape index (κ1) is 30.1. The lowest BCUT2D eigenvalue weighted by Crippen LogP contribution is -2.62. The van der Waals surface area contributed by atoms with Gasteiger partial charge in [0.15, 0.2) is 24.6 Å². The van der Waals surface area contributed by atoms with E-state index in [0.717, 1.165) is 0 Å². The van der Waals surface area contributed by atoms with Crippen LogP contribution in [-0.2, 0) is 23.7 Å². The monoisotopic (exact) mass is 596 g/mol. The van der Waals surface area contributed by atoms with Crippen LogP contribution in [0.5, 0.6) is 0 Å².